The van der Waals surface area contributed by atoms with Crippen molar-refractivity contribution in [3.63, 3.8) is 0 Å². The molecule has 0 radical (unpaired) electrons. The molecular weight excluding hydrogens is 274 g/mol. The van der Waals surface area contributed by atoms with E-state index in [9.17, 15) is 14.7 Å². The van der Waals surface area contributed by atoms with Crippen molar-refractivity contribution in [2.24, 2.45) is 0 Å². The molecule has 0 fully saturated rings. The van der Waals surface area contributed by atoms with Crippen LogP contribution in [0.4, 0.5) is 0 Å². The molecule has 0 heterocycles. The molecule has 5 heteroatoms. The number of aliphatic carboxylic acids is 1. The van der Waals surface area contributed by atoms with Gasteiger partial charge in [-0.1, -0.05) is 28.1 Å². The monoisotopic (exact) mass is 285 g/mol. The van der Waals surface area contributed by atoms with Crippen LogP contribution in [0.2, 0.25) is 0 Å². The average Bonchev–Trinajstić information content (AvgIpc) is 2.17. The Morgan fingerprint density at radius 2 is 1.81 bits per heavy atom. The molecule has 0 aliphatic rings. The van der Waals surface area contributed by atoms with E-state index in [-0.39, 0.29) is 5.91 Å². The number of amides is 1. The van der Waals surface area contributed by atoms with E-state index in [1.54, 1.807) is 24.3 Å². The Bertz CT molecular complexity index is 416. The highest BCUT2D eigenvalue weighted by molar-refractivity contribution is 9.10. The van der Waals surface area contributed by atoms with Gasteiger partial charge in [0.25, 0.3) is 0 Å². The molecule has 1 unspecified atom stereocenters. The topological polar surface area (TPSA) is 66.4 Å². The van der Waals surface area contributed by atoms with Gasteiger partial charge >= 0.3 is 5.97 Å². The number of carbonyl (C=O) groups excluding carboxylic acids is 1. The Labute approximate surface area is 102 Å². The number of nitrogens with one attached hydrogen (secondary N) is 1. The summed E-state index contributed by atoms with van der Waals surface area (Å²) in [6, 6.07) is 6.79. The molecule has 1 aromatic rings. The van der Waals surface area contributed by atoms with Crippen LogP contribution >= 0.6 is 15.9 Å². The first kappa shape index (κ1) is 12.7. The third-order valence-electron chi connectivity index (χ3n) is 2.28. The quantitative estimate of drug-likeness (QED) is 0.891. The standard InChI is InChI=1S/C11H12BrNO3/c1-7(14)13-11(2,10(15)16)8-3-5-9(12)6-4-8/h3-6H,1-2H3,(H,13,14)(H,15,16). The molecule has 0 spiro atoms. The fourth-order valence-electron chi connectivity index (χ4n) is 1.38. The van der Waals surface area contributed by atoms with Crippen molar-refractivity contribution >= 4 is 27.8 Å². The summed E-state index contributed by atoms with van der Waals surface area (Å²) in [5.41, 5.74) is -0.870. The number of hydrogen-bond acceptors (Lipinski definition) is 2. The molecule has 0 saturated heterocycles. The van der Waals surface area contributed by atoms with E-state index in [1.165, 1.54) is 13.8 Å². The molecule has 2 N–H and O–H groups in total. The summed E-state index contributed by atoms with van der Waals surface area (Å²) in [6.07, 6.45) is 0. The highest BCUT2D eigenvalue weighted by Crippen LogP contribution is 2.23. The fraction of sp³-hybridized carbons (Fsp3) is 0.273. The Balaban J connectivity index is 3.16. The molecule has 0 aromatic heterocycles. The fourth-order valence-corrected chi connectivity index (χ4v) is 1.65. The van der Waals surface area contributed by atoms with Crippen LogP contribution in [0, 0.1) is 0 Å². The molecule has 0 bridgehead atoms. The SMILES string of the molecule is CC(=O)NC(C)(C(=O)O)c1ccc(Br)cc1. The summed E-state index contributed by atoms with van der Waals surface area (Å²) in [5, 5.41) is 11.6. The summed E-state index contributed by atoms with van der Waals surface area (Å²) in [5.74, 6) is -1.47. The Hall–Kier alpha value is -1.36. The average molecular weight is 286 g/mol. The number of hydrogen-bond donors (Lipinski definition) is 2. The first-order chi connectivity index (χ1) is 7.36. The van der Waals surface area contributed by atoms with E-state index in [0.29, 0.717) is 5.56 Å². The predicted molar refractivity (Wildman–Crippen MR) is 62.9 cm³/mol. The van der Waals surface area contributed by atoms with E-state index in [0.717, 1.165) is 4.47 Å². The number of benzene rings is 1. The molecule has 1 aromatic carbocycles. The maximum absolute atomic E-state index is 11.2. The van der Waals surface area contributed by atoms with E-state index in [4.69, 9.17) is 0 Å². The highest BCUT2D eigenvalue weighted by atomic mass is 79.9. The lowest BCUT2D eigenvalue weighted by Crippen LogP contribution is -2.48. The van der Waals surface area contributed by atoms with Crippen LogP contribution in [0.15, 0.2) is 28.7 Å². The zero-order chi connectivity index (χ0) is 12.3. The lowest BCUT2D eigenvalue weighted by atomic mass is 9.92. The van der Waals surface area contributed by atoms with Gasteiger partial charge in [0, 0.05) is 11.4 Å². The molecule has 0 saturated carbocycles. The molecule has 1 atom stereocenters. The second kappa shape index (κ2) is 4.65. The molecule has 4 nitrogen and oxygen atoms in total. The molecule has 0 aliphatic heterocycles. The summed E-state index contributed by atoms with van der Waals surface area (Å²) in [4.78, 5) is 22.2. The van der Waals surface area contributed by atoms with E-state index in [2.05, 4.69) is 21.2 Å². The second-order valence-corrected chi connectivity index (χ2v) is 4.53. The van der Waals surface area contributed by atoms with Gasteiger partial charge in [0.2, 0.25) is 5.91 Å². The van der Waals surface area contributed by atoms with E-state index < -0.39 is 11.5 Å². The van der Waals surface area contributed by atoms with Crippen LogP contribution in [0.3, 0.4) is 0 Å². The predicted octanol–water partition coefficient (Wildman–Crippen LogP) is 1.88. The Kier molecular flexibility index (Phi) is 3.70. The second-order valence-electron chi connectivity index (χ2n) is 3.62. The van der Waals surface area contributed by atoms with Crippen molar-refractivity contribution in [1.82, 2.24) is 5.32 Å². The zero-order valence-electron chi connectivity index (χ0n) is 8.95. The van der Waals surface area contributed by atoms with Crippen molar-refractivity contribution in [2.45, 2.75) is 19.4 Å². The maximum atomic E-state index is 11.2. The summed E-state index contributed by atoms with van der Waals surface area (Å²) in [7, 11) is 0. The van der Waals surface area contributed by atoms with E-state index in [1.807, 2.05) is 0 Å². The third kappa shape index (κ3) is 2.61. The maximum Gasteiger partial charge on any atom is 0.333 e. The van der Waals surface area contributed by atoms with Crippen molar-refractivity contribution in [3.8, 4) is 0 Å². The summed E-state index contributed by atoms with van der Waals surface area (Å²) < 4.78 is 0.854. The van der Waals surface area contributed by atoms with Gasteiger partial charge in [-0.05, 0) is 24.6 Å². The van der Waals surface area contributed by atoms with Gasteiger partial charge in [0.05, 0.1) is 0 Å². The largest absolute Gasteiger partial charge is 0.479 e. The van der Waals surface area contributed by atoms with Crippen LogP contribution in [0.5, 0.6) is 0 Å². The van der Waals surface area contributed by atoms with Gasteiger partial charge in [-0.2, -0.15) is 0 Å². The van der Waals surface area contributed by atoms with Crippen LogP contribution in [0.1, 0.15) is 19.4 Å². The highest BCUT2D eigenvalue weighted by Gasteiger charge is 2.35. The smallest absolute Gasteiger partial charge is 0.333 e. The van der Waals surface area contributed by atoms with Gasteiger partial charge in [-0.3, -0.25) is 4.79 Å². The Morgan fingerprint density at radius 1 is 1.31 bits per heavy atom. The molecule has 16 heavy (non-hydrogen) atoms. The van der Waals surface area contributed by atoms with Crippen molar-refractivity contribution < 1.29 is 14.7 Å². The van der Waals surface area contributed by atoms with E-state index >= 15 is 0 Å². The third-order valence-corrected chi connectivity index (χ3v) is 2.80. The minimum absolute atomic E-state index is 0.382. The molecule has 86 valence electrons. The number of carbonyl (C=O) groups is 2. The van der Waals surface area contributed by atoms with Crippen LogP contribution in [0.25, 0.3) is 0 Å². The van der Waals surface area contributed by atoms with Gasteiger partial charge in [-0.15, -0.1) is 0 Å². The van der Waals surface area contributed by atoms with Gasteiger partial charge in [0.15, 0.2) is 5.54 Å². The first-order valence-electron chi connectivity index (χ1n) is 4.64. The van der Waals surface area contributed by atoms with Gasteiger partial charge in [-0.25, -0.2) is 4.79 Å². The van der Waals surface area contributed by atoms with Crippen LogP contribution < -0.4 is 5.32 Å². The van der Waals surface area contributed by atoms with Crippen LogP contribution in [-0.2, 0) is 15.1 Å². The minimum atomic E-state index is -1.40. The lowest BCUT2D eigenvalue weighted by molar-refractivity contribution is -0.147. The normalized spacial score (nSPS) is 13.9. The number of carboxylic acids is 1. The Morgan fingerprint density at radius 3 is 2.19 bits per heavy atom. The number of carboxylic acid groups (broad SMARTS) is 1. The van der Waals surface area contributed by atoms with Gasteiger partial charge < -0.3 is 10.4 Å². The van der Waals surface area contributed by atoms with Crippen molar-refractivity contribution in [2.75, 3.05) is 0 Å². The number of rotatable bonds is 3. The lowest BCUT2D eigenvalue weighted by Gasteiger charge is -2.26. The van der Waals surface area contributed by atoms with Crippen LogP contribution in [-0.4, -0.2) is 17.0 Å². The van der Waals surface area contributed by atoms with Crippen molar-refractivity contribution in [3.05, 3.63) is 34.3 Å². The molecule has 1 amide bonds. The minimum Gasteiger partial charge on any atom is -0.479 e. The van der Waals surface area contributed by atoms with Crippen molar-refractivity contribution in [1.29, 1.82) is 0 Å². The summed E-state index contributed by atoms with van der Waals surface area (Å²) in [6.45, 7) is 2.75. The first-order valence-corrected chi connectivity index (χ1v) is 5.44. The summed E-state index contributed by atoms with van der Waals surface area (Å²) >= 11 is 3.27. The number of halogens is 1. The molecule has 1 rings (SSSR count). The molecule has 0 aliphatic carbocycles. The van der Waals surface area contributed by atoms with Gasteiger partial charge in [0.1, 0.15) is 0 Å². The zero-order valence-corrected chi connectivity index (χ0v) is 10.5. The molecular formula is C11H12BrNO3.